The third-order valence-corrected chi connectivity index (χ3v) is 2.97. The lowest BCUT2D eigenvalue weighted by Crippen LogP contribution is -2.26. The molecule has 0 aromatic heterocycles. The van der Waals surface area contributed by atoms with Crippen LogP contribution >= 0.6 is 0 Å². The molecule has 0 unspecified atom stereocenters. The fourth-order valence-corrected chi connectivity index (χ4v) is 2.09. The molecule has 0 saturated carbocycles. The predicted molar refractivity (Wildman–Crippen MR) is 59.9 cm³/mol. The summed E-state index contributed by atoms with van der Waals surface area (Å²) in [6.45, 7) is 0.350. The summed E-state index contributed by atoms with van der Waals surface area (Å²) >= 11 is 0. The van der Waals surface area contributed by atoms with Gasteiger partial charge in [0.2, 0.25) is 5.91 Å². The molecule has 0 bridgehead atoms. The SMILES string of the molecule is COc1cccc([C@@H]2CNC(=O)[C@@H]2C(=O)O)c1. The van der Waals surface area contributed by atoms with Crippen LogP contribution in [0.3, 0.4) is 0 Å². The number of carboxylic acid groups (broad SMARTS) is 1. The Labute approximate surface area is 98.4 Å². The molecule has 1 heterocycles. The Hall–Kier alpha value is -2.04. The van der Waals surface area contributed by atoms with Crippen LogP contribution in [0, 0.1) is 5.92 Å². The van der Waals surface area contributed by atoms with Crippen LogP contribution in [0.5, 0.6) is 5.75 Å². The van der Waals surface area contributed by atoms with E-state index >= 15 is 0 Å². The first-order chi connectivity index (χ1) is 8.13. The normalized spacial score (nSPS) is 23.2. The van der Waals surface area contributed by atoms with Gasteiger partial charge < -0.3 is 15.2 Å². The molecular weight excluding hydrogens is 222 g/mol. The fourth-order valence-electron chi connectivity index (χ4n) is 2.09. The summed E-state index contributed by atoms with van der Waals surface area (Å²) in [5.41, 5.74) is 0.801. The van der Waals surface area contributed by atoms with E-state index in [1.807, 2.05) is 6.07 Å². The van der Waals surface area contributed by atoms with Crippen molar-refractivity contribution in [3.05, 3.63) is 29.8 Å². The van der Waals surface area contributed by atoms with Gasteiger partial charge in [0.25, 0.3) is 0 Å². The Morgan fingerprint density at radius 2 is 2.29 bits per heavy atom. The van der Waals surface area contributed by atoms with Crippen molar-refractivity contribution in [2.45, 2.75) is 5.92 Å². The number of aliphatic carboxylic acids is 1. The highest BCUT2D eigenvalue weighted by molar-refractivity contribution is 5.99. The number of methoxy groups -OCH3 is 1. The van der Waals surface area contributed by atoms with E-state index in [4.69, 9.17) is 9.84 Å². The zero-order chi connectivity index (χ0) is 12.4. The summed E-state index contributed by atoms with van der Waals surface area (Å²) in [5, 5.41) is 11.6. The molecule has 1 amide bonds. The topological polar surface area (TPSA) is 75.6 Å². The van der Waals surface area contributed by atoms with Gasteiger partial charge in [-0.15, -0.1) is 0 Å². The van der Waals surface area contributed by atoms with Crippen LogP contribution in [0.4, 0.5) is 0 Å². The van der Waals surface area contributed by atoms with Gasteiger partial charge in [0.15, 0.2) is 0 Å². The summed E-state index contributed by atoms with van der Waals surface area (Å²) in [6.07, 6.45) is 0. The second-order valence-corrected chi connectivity index (χ2v) is 3.94. The van der Waals surface area contributed by atoms with E-state index < -0.39 is 17.8 Å². The van der Waals surface area contributed by atoms with Crippen molar-refractivity contribution in [3.63, 3.8) is 0 Å². The van der Waals surface area contributed by atoms with E-state index in [2.05, 4.69) is 5.32 Å². The quantitative estimate of drug-likeness (QED) is 0.753. The molecule has 1 aromatic rings. The summed E-state index contributed by atoms with van der Waals surface area (Å²) in [7, 11) is 1.55. The Balaban J connectivity index is 2.32. The molecule has 2 rings (SSSR count). The number of rotatable bonds is 3. The van der Waals surface area contributed by atoms with E-state index in [0.717, 1.165) is 5.56 Å². The minimum absolute atomic E-state index is 0.338. The molecule has 5 nitrogen and oxygen atoms in total. The summed E-state index contributed by atoms with van der Waals surface area (Å²) in [5.74, 6) is -2.21. The molecule has 2 atom stereocenters. The van der Waals surface area contributed by atoms with Gasteiger partial charge in [-0.25, -0.2) is 0 Å². The Morgan fingerprint density at radius 3 is 2.94 bits per heavy atom. The van der Waals surface area contributed by atoms with Gasteiger partial charge in [-0.1, -0.05) is 12.1 Å². The first-order valence-electron chi connectivity index (χ1n) is 5.28. The maximum Gasteiger partial charge on any atom is 0.316 e. The first kappa shape index (κ1) is 11.4. The second-order valence-electron chi connectivity index (χ2n) is 3.94. The van der Waals surface area contributed by atoms with Crippen molar-refractivity contribution in [2.24, 2.45) is 5.92 Å². The zero-order valence-electron chi connectivity index (χ0n) is 9.34. The lowest BCUT2D eigenvalue weighted by molar-refractivity contribution is -0.145. The molecule has 1 saturated heterocycles. The van der Waals surface area contributed by atoms with Crippen molar-refractivity contribution in [1.29, 1.82) is 0 Å². The van der Waals surface area contributed by atoms with E-state index in [1.165, 1.54) is 0 Å². The highest BCUT2D eigenvalue weighted by Crippen LogP contribution is 2.30. The van der Waals surface area contributed by atoms with Crippen LogP contribution in [-0.4, -0.2) is 30.6 Å². The molecule has 1 fully saturated rings. The highest BCUT2D eigenvalue weighted by atomic mass is 16.5. The molecule has 0 aliphatic carbocycles. The molecule has 0 spiro atoms. The van der Waals surface area contributed by atoms with Crippen molar-refractivity contribution >= 4 is 11.9 Å². The van der Waals surface area contributed by atoms with Crippen LogP contribution in [0.1, 0.15) is 11.5 Å². The Bertz CT molecular complexity index is 458. The van der Waals surface area contributed by atoms with Crippen LogP contribution in [0.15, 0.2) is 24.3 Å². The largest absolute Gasteiger partial charge is 0.497 e. The van der Waals surface area contributed by atoms with Crippen molar-refractivity contribution in [3.8, 4) is 5.75 Å². The number of carbonyl (C=O) groups is 2. The van der Waals surface area contributed by atoms with Gasteiger partial charge in [0, 0.05) is 12.5 Å². The number of benzene rings is 1. The van der Waals surface area contributed by atoms with Crippen LogP contribution < -0.4 is 10.1 Å². The smallest absolute Gasteiger partial charge is 0.316 e. The van der Waals surface area contributed by atoms with Crippen LogP contribution in [-0.2, 0) is 9.59 Å². The van der Waals surface area contributed by atoms with Crippen molar-refractivity contribution < 1.29 is 19.4 Å². The van der Waals surface area contributed by atoms with Gasteiger partial charge in [-0.3, -0.25) is 9.59 Å². The number of ether oxygens (including phenoxy) is 1. The summed E-state index contributed by atoms with van der Waals surface area (Å²) < 4.78 is 5.08. The van der Waals surface area contributed by atoms with Crippen LogP contribution in [0.25, 0.3) is 0 Å². The molecule has 1 aliphatic heterocycles. The average molecular weight is 235 g/mol. The minimum Gasteiger partial charge on any atom is -0.497 e. The Kier molecular flexibility index (Phi) is 2.99. The minimum atomic E-state index is -1.09. The van der Waals surface area contributed by atoms with Gasteiger partial charge >= 0.3 is 5.97 Å². The summed E-state index contributed by atoms with van der Waals surface area (Å²) in [4.78, 5) is 22.5. The molecule has 17 heavy (non-hydrogen) atoms. The van der Waals surface area contributed by atoms with Gasteiger partial charge in [-0.05, 0) is 17.7 Å². The van der Waals surface area contributed by atoms with Crippen molar-refractivity contribution in [2.75, 3.05) is 13.7 Å². The maximum absolute atomic E-state index is 11.4. The van der Waals surface area contributed by atoms with E-state index in [-0.39, 0.29) is 5.92 Å². The summed E-state index contributed by atoms with van der Waals surface area (Å²) in [6, 6.07) is 7.14. The predicted octanol–water partition coefficient (Wildman–Crippen LogP) is 0.609. The number of carboxylic acids is 1. The van der Waals surface area contributed by atoms with Gasteiger partial charge in [0.05, 0.1) is 7.11 Å². The fraction of sp³-hybridized carbons (Fsp3) is 0.333. The van der Waals surface area contributed by atoms with E-state index in [0.29, 0.717) is 12.3 Å². The van der Waals surface area contributed by atoms with E-state index in [9.17, 15) is 9.59 Å². The van der Waals surface area contributed by atoms with Gasteiger partial charge in [0.1, 0.15) is 11.7 Å². The first-order valence-corrected chi connectivity index (χ1v) is 5.28. The lowest BCUT2D eigenvalue weighted by atomic mass is 9.88. The third-order valence-electron chi connectivity index (χ3n) is 2.97. The second kappa shape index (κ2) is 4.45. The third kappa shape index (κ3) is 2.08. The molecule has 0 radical (unpaired) electrons. The Morgan fingerprint density at radius 1 is 1.53 bits per heavy atom. The number of nitrogens with one attached hydrogen (secondary N) is 1. The molecule has 2 N–H and O–H groups in total. The number of hydrogen-bond acceptors (Lipinski definition) is 3. The molecule has 5 heteroatoms. The van der Waals surface area contributed by atoms with E-state index in [1.54, 1.807) is 25.3 Å². The number of amides is 1. The number of hydrogen-bond donors (Lipinski definition) is 2. The maximum atomic E-state index is 11.4. The standard InChI is InChI=1S/C12H13NO4/c1-17-8-4-2-3-7(5-8)9-6-13-11(14)10(9)12(15)16/h2-5,9-10H,6H2,1H3,(H,13,14)(H,15,16)/t9-,10+/m0/s1. The molecular formula is C12H13NO4. The van der Waals surface area contributed by atoms with Crippen LogP contribution in [0.2, 0.25) is 0 Å². The highest BCUT2D eigenvalue weighted by Gasteiger charge is 2.41. The lowest BCUT2D eigenvalue weighted by Gasteiger charge is -2.14. The van der Waals surface area contributed by atoms with Gasteiger partial charge in [-0.2, -0.15) is 0 Å². The zero-order valence-corrected chi connectivity index (χ0v) is 9.34. The number of carbonyl (C=O) groups excluding carboxylic acids is 1. The monoisotopic (exact) mass is 235 g/mol. The molecule has 1 aromatic carbocycles. The molecule has 90 valence electrons. The average Bonchev–Trinajstić information content (AvgIpc) is 2.71. The van der Waals surface area contributed by atoms with Crippen molar-refractivity contribution in [1.82, 2.24) is 5.32 Å². The molecule has 1 aliphatic rings.